The summed E-state index contributed by atoms with van der Waals surface area (Å²) in [4.78, 5) is 14.3. The van der Waals surface area contributed by atoms with Crippen molar-refractivity contribution >= 4 is 32.7 Å². The Morgan fingerprint density at radius 2 is 2.14 bits per heavy atom. The molecule has 0 N–H and O–H groups in total. The second-order valence-corrected chi connectivity index (χ2v) is 5.37. The second kappa shape index (κ2) is 5.25. The normalized spacial score (nSPS) is 11.0. The van der Waals surface area contributed by atoms with Crippen LogP contribution in [0.3, 0.4) is 0 Å². The minimum Gasteiger partial charge on any atom is -0.326 e. The maximum absolute atomic E-state index is 13.9. The van der Waals surface area contributed by atoms with E-state index in [4.69, 9.17) is 0 Å². The van der Waals surface area contributed by atoms with E-state index < -0.39 is 10.7 Å². The van der Waals surface area contributed by atoms with Crippen LogP contribution in [0.25, 0.3) is 11.0 Å². The van der Waals surface area contributed by atoms with E-state index in [1.54, 1.807) is 10.9 Å². The molecule has 0 aliphatic heterocycles. The lowest BCUT2D eigenvalue weighted by atomic mass is 10.2. The number of para-hydroxylation sites is 1. The van der Waals surface area contributed by atoms with Gasteiger partial charge in [0.15, 0.2) is 0 Å². The SMILES string of the molecule is O=[N+]([O-])c1ccc(Cn2cnc3c(Br)cccc32)c(F)c1. The fourth-order valence-corrected chi connectivity index (χ4v) is 2.60. The molecule has 106 valence electrons. The average Bonchev–Trinajstić information content (AvgIpc) is 2.85. The monoisotopic (exact) mass is 349 g/mol. The lowest BCUT2D eigenvalue weighted by Gasteiger charge is -2.06. The third-order valence-electron chi connectivity index (χ3n) is 3.19. The molecule has 0 unspecified atom stereocenters. The first-order chi connectivity index (χ1) is 10.1. The maximum Gasteiger partial charge on any atom is 0.272 e. The van der Waals surface area contributed by atoms with Crippen molar-refractivity contribution in [1.29, 1.82) is 0 Å². The Morgan fingerprint density at radius 1 is 1.33 bits per heavy atom. The van der Waals surface area contributed by atoms with Crippen molar-refractivity contribution in [3.05, 3.63) is 68.7 Å². The van der Waals surface area contributed by atoms with Crippen molar-refractivity contribution in [3.63, 3.8) is 0 Å². The van der Waals surface area contributed by atoms with Crippen LogP contribution in [-0.2, 0) is 6.54 Å². The first-order valence-corrected chi connectivity index (χ1v) is 6.88. The zero-order valence-electron chi connectivity index (χ0n) is 10.7. The number of hydrogen-bond acceptors (Lipinski definition) is 3. The van der Waals surface area contributed by atoms with Crippen molar-refractivity contribution in [3.8, 4) is 0 Å². The van der Waals surface area contributed by atoms with Gasteiger partial charge in [0.2, 0.25) is 0 Å². The quantitative estimate of drug-likeness (QED) is 0.532. The van der Waals surface area contributed by atoms with Crippen LogP contribution in [0.2, 0.25) is 0 Å². The molecule has 0 aliphatic carbocycles. The Morgan fingerprint density at radius 3 is 2.86 bits per heavy atom. The number of non-ortho nitro benzene ring substituents is 1. The Kier molecular flexibility index (Phi) is 3.42. The highest BCUT2D eigenvalue weighted by molar-refractivity contribution is 9.10. The number of halogens is 2. The van der Waals surface area contributed by atoms with Crippen LogP contribution in [0.15, 0.2) is 47.2 Å². The molecule has 5 nitrogen and oxygen atoms in total. The Labute approximate surface area is 127 Å². The largest absolute Gasteiger partial charge is 0.326 e. The van der Waals surface area contributed by atoms with Crippen LogP contribution in [0.4, 0.5) is 10.1 Å². The molecule has 0 radical (unpaired) electrons. The zero-order valence-corrected chi connectivity index (χ0v) is 12.2. The highest BCUT2D eigenvalue weighted by atomic mass is 79.9. The zero-order chi connectivity index (χ0) is 15.0. The maximum atomic E-state index is 13.9. The van der Waals surface area contributed by atoms with Gasteiger partial charge in [0.05, 0.1) is 29.4 Å². The summed E-state index contributed by atoms with van der Waals surface area (Å²) in [7, 11) is 0. The number of benzene rings is 2. The van der Waals surface area contributed by atoms with E-state index in [1.165, 1.54) is 12.1 Å². The molecule has 1 aromatic heterocycles. The average molecular weight is 350 g/mol. The Hall–Kier alpha value is -2.28. The van der Waals surface area contributed by atoms with Gasteiger partial charge in [-0.05, 0) is 34.1 Å². The lowest BCUT2D eigenvalue weighted by Crippen LogP contribution is -2.01. The fourth-order valence-electron chi connectivity index (χ4n) is 2.14. The first kappa shape index (κ1) is 13.7. The van der Waals surface area contributed by atoms with E-state index in [0.29, 0.717) is 5.56 Å². The molecule has 0 saturated heterocycles. The summed E-state index contributed by atoms with van der Waals surface area (Å²) in [6.07, 6.45) is 1.62. The predicted molar refractivity (Wildman–Crippen MR) is 79.6 cm³/mol. The number of hydrogen-bond donors (Lipinski definition) is 0. The second-order valence-electron chi connectivity index (χ2n) is 4.51. The van der Waals surface area contributed by atoms with Crippen LogP contribution in [0.1, 0.15) is 5.56 Å². The third-order valence-corrected chi connectivity index (χ3v) is 3.83. The number of aromatic nitrogens is 2. The summed E-state index contributed by atoms with van der Waals surface area (Å²) in [6.45, 7) is 0.261. The van der Waals surface area contributed by atoms with Gasteiger partial charge in [0.1, 0.15) is 11.3 Å². The molecule has 0 bridgehead atoms. The number of nitro groups is 1. The molecule has 0 fully saturated rings. The van der Waals surface area contributed by atoms with E-state index in [1.807, 2.05) is 18.2 Å². The minimum atomic E-state index is -0.614. The summed E-state index contributed by atoms with van der Waals surface area (Å²) in [5.74, 6) is -0.596. The Balaban J connectivity index is 1.99. The molecule has 1 heterocycles. The van der Waals surface area contributed by atoms with Gasteiger partial charge < -0.3 is 4.57 Å². The molecule has 2 aromatic carbocycles. The van der Waals surface area contributed by atoms with E-state index >= 15 is 0 Å². The van der Waals surface area contributed by atoms with Gasteiger partial charge in [0, 0.05) is 16.1 Å². The molecule has 0 saturated carbocycles. The molecular weight excluding hydrogens is 341 g/mol. The van der Waals surface area contributed by atoms with E-state index in [-0.39, 0.29) is 12.2 Å². The van der Waals surface area contributed by atoms with Crippen molar-refractivity contribution < 1.29 is 9.31 Å². The standard InChI is InChI=1S/C14H9BrFN3O2/c15-11-2-1-3-13-14(11)17-8-18(13)7-9-4-5-10(19(20)21)6-12(9)16/h1-6,8H,7H2. The molecule has 7 heteroatoms. The summed E-state index contributed by atoms with van der Waals surface area (Å²) >= 11 is 3.41. The molecular formula is C14H9BrFN3O2. The third kappa shape index (κ3) is 2.52. The smallest absolute Gasteiger partial charge is 0.272 e. The van der Waals surface area contributed by atoms with Crippen LogP contribution >= 0.6 is 15.9 Å². The van der Waals surface area contributed by atoms with E-state index in [2.05, 4.69) is 20.9 Å². The molecule has 21 heavy (non-hydrogen) atoms. The van der Waals surface area contributed by atoms with E-state index in [0.717, 1.165) is 21.6 Å². The van der Waals surface area contributed by atoms with Crippen molar-refractivity contribution in [2.75, 3.05) is 0 Å². The molecule has 3 aromatic rings. The van der Waals surface area contributed by atoms with E-state index in [9.17, 15) is 14.5 Å². The van der Waals surface area contributed by atoms with Gasteiger partial charge in [-0.1, -0.05) is 6.07 Å². The molecule has 0 amide bonds. The fraction of sp³-hybridized carbons (Fsp3) is 0.0714. The minimum absolute atomic E-state index is 0.255. The van der Waals surface area contributed by atoms with Crippen LogP contribution in [0.5, 0.6) is 0 Å². The summed E-state index contributed by atoms with van der Waals surface area (Å²) in [6, 6.07) is 9.30. The van der Waals surface area contributed by atoms with Gasteiger partial charge in [-0.25, -0.2) is 9.37 Å². The van der Waals surface area contributed by atoms with Gasteiger partial charge in [-0.15, -0.1) is 0 Å². The summed E-state index contributed by atoms with van der Waals surface area (Å²) < 4.78 is 16.6. The van der Waals surface area contributed by atoms with Gasteiger partial charge in [0.25, 0.3) is 5.69 Å². The molecule has 0 aliphatic rings. The van der Waals surface area contributed by atoms with Crippen molar-refractivity contribution in [1.82, 2.24) is 9.55 Å². The van der Waals surface area contributed by atoms with Crippen LogP contribution < -0.4 is 0 Å². The van der Waals surface area contributed by atoms with Gasteiger partial charge in [-0.2, -0.15) is 0 Å². The summed E-state index contributed by atoms with van der Waals surface area (Å²) in [5, 5.41) is 10.6. The van der Waals surface area contributed by atoms with Crippen molar-refractivity contribution in [2.45, 2.75) is 6.54 Å². The molecule has 3 rings (SSSR count). The van der Waals surface area contributed by atoms with Gasteiger partial charge in [-0.3, -0.25) is 10.1 Å². The van der Waals surface area contributed by atoms with Crippen LogP contribution in [-0.4, -0.2) is 14.5 Å². The number of nitrogens with zero attached hydrogens (tertiary/aromatic N) is 3. The Bertz CT molecular complexity index is 847. The first-order valence-electron chi connectivity index (χ1n) is 6.08. The lowest BCUT2D eigenvalue weighted by molar-refractivity contribution is -0.385. The topological polar surface area (TPSA) is 61.0 Å². The number of imidazole rings is 1. The van der Waals surface area contributed by atoms with Gasteiger partial charge >= 0.3 is 0 Å². The molecule has 0 spiro atoms. The number of rotatable bonds is 3. The highest BCUT2D eigenvalue weighted by Gasteiger charge is 2.12. The van der Waals surface area contributed by atoms with Crippen LogP contribution in [0, 0.1) is 15.9 Å². The summed E-state index contributed by atoms with van der Waals surface area (Å²) in [5.41, 5.74) is 1.77. The number of fused-ring (bicyclic) bond motifs is 1. The van der Waals surface area contributed by atoms with Crippen molar-refractivity contribution in [2.24, 2.45) is 0 Å². The number of nitro benzene ring substituents is 1. The predicted octanol–water partition coefficient (Wildman–Crippen LogP) is 3.89. The molecule has 0 atom stereocenters. The highest BCUT2D eigenvalue weighted by Crippen LogP contribution is 2.24.